The van der Waals surface area contributed by atoms with Crippen LogP contribution in [0.5, 0.6) is 0 Å². The maximum absolute atomic E-state index is 11.6. The van der Waals surface area contributed by atoms with Crippen molar-refractivity contribution in [1.29, 1.82) is 0 Å². The molecule has 4 saturated carbocycles. The smallest absolute Gasteiger partial charge is 0.372 e. The lowest BCUT2D eigenvalue weighted by molar-refractivity contribution is -0.152. The quantitative estimate of drug-likeness (QED) is 0.780. The van der Waals surface area contributed by atoms with Gasteiger partial charge >= 0.3 is 5.97 Å². The number of carboxylic acid groups (broad SMARTS) is 1. The number of ketones is 1. The zero-order valence-electron chi connectivity index (χ0n) is 11.0. The molecule has 100 valence electrons. The van der Waals surface area contributed by atoms with Crippen molar-refractivity contribution < 1.29 is 14.7 Å². The van der Waals surface area contributed by atoms with Gasteiger partial charge in [-0.1, -0.05) is 6.92 Å². The van der Waals surface area contributed by atoms with E-state index in [4.69, 9.17) is 5.11 Å². The van der Waals surface area contributed by atoms with Crippen LogP contribution in [-0.4, -0.2) is 16.9 Å². The van der Waals surface area contributed by atoms with Crippen molar-refractivity contribution in [3.63, 3.8) is 0 Å². The van der Waals surface area contributed by atoms with Crippen LogP contribution in [0.4, 0.5) is 0 Å². The number of rotatable bonds is 4. The lowest BCUT2D eigenvalue weighted by Crippen LogP contribution is -2.47. The van der Waals surface area contributed by atoms with Crippen molar-refractivity contribution in [2.75, 3.05) is 0 Å². The summed E-state index contributed by atoms with van der Waals surface area (Å²) in [5.41, 5.74) is 0.305. The van der Waals surface area contributed by atoms with E-state index in [1.165, 1.54) is 38.5 Å². The van der Waals surface area contributed by atoms with Gasteiger partial charge in [-0.05, 0) is 68.1 Å². The molecule has 0 heterocycles. The molecule has 3 nitrogen and oxygen atoms in total. The minimum Gasteiger partial charge on any atom is -0.475 e. The standard InChI is InChI=1S/C15H22O3/c1-9(13(16)14(17)18)5-15-6-10-2-11(7-15)4-12(3-10)8-15/h9-12H,2-8H2,1H3,(H,17,18). The summed E-state index contributed by atoms with van der Waals surface area (Å²) in [7, 11) is 0. The number of carbonyl (C=O) groups excluding carboxylic acids is 1. The first-order valence-corrected chi connectivity index (χ1v) is 7.24. The summed E-state index contributed by atoms with van der Waals surface area (Å²) in [5.74, 6) is 0.437. The highest BCUT2D eigenvalue weighted by Crippen LogP contribution is 2.62. The summed E-state index contributed by atoms with van der Waals surface area (Å²) < 4.78 is 0. The number of Topliss-reactive ketones (excluding diaryl/α,β-unsaturated/α-hetero) is 1. The van der Waals surface area contributed by atoms with Gasteiger partial charge in [0, 0.05) is 5.92 Å². The Morgan fingerprint density at radius 3 is 1.94 bits per heavy atom. The summed E-state index contributed by atoms with van der Waals surface area (Å²) in [6.07, 6.45) is 8.71. The second kappa shape index (κ2) is 4.07. The monoisotopic (exact) mass is 250 g/mol. The first-order chi connectivity index (χ1) is 8.47. The van der Waals surface area contributed by atoms with Gasteiger partial charge in [0.15, 0.2) is 0 Å². The van der Waals surface area contributed by atoms with Gasteiger partial charge in [0.1, 0.15) is 0 Å². The van der Waals surface area contributed by atoms with E-state index in [9.17, 15) is 9.59 Å². The van der Waals surface area contributed by atoms with E-state index in [0.717, 1.165) is 24.2 Å². The molecule has 0 aromatic carbocycles. The fourth-order valence-electron chi connectivity index (χ4n) is 5.49. The molecular weight excluding hydrogens is 228 g/mol. The Bertz CT molecular complexity index is 350. The predicted molar refractivity (Wildman–Crippen MR) is 67.0 cm³/mol. The van der Waals surface area contributed by atoms with Crippen LogP contribution in [-0.2, 0) is 9.59 Å². The number of hydrogen-bond acceptors (Lipinski definition) is 2. The predicted octanol–water partition coefficient (Wildman–Crippen LogP) is 2.88. The number of hydrogen-bond donors (Lipinski definition) is 1. The van der Waals surface area contributed by atoms with Gasteiger partial charge in [-0.2, -0.15) is 0 Å². The Morgan fingerprint density at radius 1 is 1.11 bits per heavy atom. The lowest BCUT2D eigenvalue weighted by Gasteiger charge is -2.57. The van der Waals surface area contributed by atoms with E-state index in [0.29, 0.717) is 5.41 Å². The number of carbonyl (C=O) groups is 2. The highest BCUT2D eigenvalue weighted by atomic mass is 16.4. The molecule has 0 spiro atoms. The van der Waals surface area contributed by atoms with Crippen LogP contribution < -0.4 is 0 Å². The molecular formula is C15H22O3. The number of aliphatic carboxylic acids is 1. The van der Waals surface area contributed by atoms with Gasteiger partial charge in [0.05, 0.1) is 0 Å². The van der Waals surface area contributed by atoms with Gasteiger partial charge in [0.2, 0.25) is 5.78 Å². The molecule has 0 aliphatic heterocycles. The Morgan fingerprint density at radius 2 is 1.56 bits per heavy atom. The van der Waals surface area contributed by atoms with E-state index in [-0.39, 0.29) is 5.92 Å². The van der Waals surface area contributed by atoms with Crippen molar-refractivity contribution >= 4 is 11.8 Å². The fraction of sp³-hybridized carbons (Fsp3) is 0.867. The molecule has 1 N–H and O–H groups in total. The van der Waals surface area contributed by atoms with Crippen molar-refractivity contribution in [3.8, 4) is 0 Å². The largest absolute Gasteiger partial charge is 0.475 e. The van der Waals surface area contributed by atoms with E-state index < -0.39 is 11.8 Å². The third-order valence-corrected chi connectivity index (χ3v) is 5.56. The minimum absolute atomic E-state index is 0.305. The maximum Gasteiger partial charge on any atom is 0.372 e. The average Bonchev–Trinajstić information content (AvgIpc) is 2.24. The SMILES string of the molecule is CC(CC12CC3CC(CC(C3)C1)C2)C(=O)C(=O)O. The molecule has 4 aliphatic carbocycles. The maximum atomic E-state index is 11.6. The van der Waals surface area contributed by atoms with Crippen molar-refractivity contribution in [2.45, 2.75) is 51.9 Å². The van der Waals surface area contributed by atoms with Crippen LogP contribution in [0.15, 0.2) is 0 Å². The first-order valence-electron chi connectivity index (χ1n) is 7.24. The van der Waals surface area contributed by atoms with E-state index in [1.807, 2.05) is 0 Å². The lowest BCUT2D eigenvalue weighted by atomic mass is 9.48. The van der Waals surface area contributed by atoms with E-state index >= 15 is 0 Å². The second-order valence-corrected chi connectivity index (χ2v) is 7.19. The molecule has 0 radical (unpaired) electrons. The van der Waals surface area contributed by atoms with Crippen molar-refractivity contribution in [3.05, 3.63) is 0 Å². The number of carboxylic acids is 1. The zero-order valence-corrected chi connectivity index (χ0v) is 11.0. The van der Waals surface area contributed by atoms with Crippen molar-refractivity contribution in [1.82, 2.24) is 0 Å². The third kappa shape index (κ3) is 1.98. The highest BCUT2D eigenvalue weighted by molar-refractivity contribution is 6.33. The van der Waals surface area contributed by atoms with Gasteiger partial charge < -0.3 is 5.11 Å². The summed E-state index contributed by atoms with van der Waals surface area (Å²) >= 11 is 0. The van der Waals surface area contributed by atoms with Gasteiger partial charge in [-0.25, -0.2) is 4.79 Å². The van der Waals surface area contributed by atoms with Gasteiger partial charge in [-0.3, -0.25) is 4.79 Å². The molecule has 0 aromatic heterocycles. The average molecular weight is 250 g/mol. The zero-order chi connectivity index (χ0) is 12.9. The van der Waals surface area contributed by atoms with E-state index in [1.54, 1.807) is 6.92 Å². The molecule has 4 aliphatic rings. The molecule has 1 atom stereocenters. The minimum atomic E-state index is -1.26. The summed E-state index contributed by atoms with van der Waals surface area (Å²) in [5, 5.41) is 8.82. The molecule has 0 saturated heterocycles. The fourth-order valence-corrected chi connectivity index (χ4v) is 5.49. The molecule has 3 heteroatoms. The molecule has 4 rings (SSSR count). The molecule has 1 unspecified atom stereocenters. The van der Waals surface area contributed by atoms with Crippen LogP contribution >= 0.6 is 0 Å². The Kier molecular flexibility index (Phi) is 2.76. The van der Waals surface area contributed by atoms with E-state index in [2.05, 4.69) is 0 Å². The Balaban J connectivity index is 1.72. The normalized spacial score (nSPS) is 42.8. The summed E-state index contributed by atoms with van der Waals surface area (Å²) in [6, 6.07) is 0. The summed E-state index contributed by atoms with van der Waals surface area (Å²) in [4.78, 5) is 22.3. The third-order valence-electron chi connectivity index (χ3n) is 5.56. The molecule has 0 aromatic rings. The topological polar surface area (TPSA) is 54.4 Å². The molecule has 4 bridgehead atoms. The highest BCUT2D eigenvalue weighted by Gasteiger charge is 2.51. The Hall–Kier alpha value is -0.860. The van der Waals surface area contributed by atoms with Crippen LogP contribution in [0.25, 0.3) is 0 Å². The molecule has 18 heavy (non-hydrogen) atoms. The van der Waals surface area contributed by atoms with Crippen molar-refractivity contribution in [2.24, 2.45) is 29.1 Å². The van der Waals surface area contributed by atoms with Crippen LogP contribution in [0, 0.1) is 29.1 Å². The van der Waals surface area contributed by atoms with Crippen LogP contribution in [0.1, 0.15) is 51.9 Å². The van der Waals surface area contributed by atoms with Gasteiger partial charge in [-0.15, -0.1) is 0 Å². The van der Waals surface area contributed by atoms with Crippen LogP contribution in [0.3, 0.4) is 0 Å². The Labute approximate surface area is 108 Å². The van der Waals surface area contributed by atoms with Gasteiger partial charge in [0.25, 0.3) is 0 Å². The van der Waals surface area contributed by atoms with Crippen LogP contribution in [0.2, 0.25) is 0 Å². The molecule has 4 fully saturated rings. The second-order valence-electron chi connectivity index (χ2n) is 7.19. The molecule has 0 amide bonds. The summed E-state index contributed by atoms with van der Waals surface area (Å²) in [6.45, 7) is 1.80. The first kappa shape index (κ1) is 12.2.